The summed E-state index contributed by atoms with van der Waals surface area (Å²) in [4.78, 5) is 18.8. The Morgan fingerprint density at radius 3 is 2.64 bits per heavy atom. The van der Waals surface area contributed by atoms with Crippen LogP contribution in [0.25, 0.3) is 11.5 Å². The number of amides is 1. The van der Waals surface area contributed by atoms with E-state index in [-0.39, 0.29) is 17.7 Å². The standard InChI is InChI=1S/C21H19ClN2O4/c1-13-19(23-20(27-13)14-7-9-15(22)10-8-14)21(25)24(2)11-16-12-26-17-5-3-4-6-18(17)28-16/h3-10,16H,11-12H2,1-2H3/t16-/m1/s1. The number of oxazole rings is 1. The molecule has 0 saturated heterocycles. The first-order valence-electron chi connectivity index (χ1n) is 8.88. The van der Waals surface area contributed by atoms with E-state index in [1.165, 1.54) is 0 Å². The highest BCUT2D eigenvalue weighted by Gasteiger charge is 2.27. The summed E-state index contributed by atoms with van der Waals surface area (Å²) in [5.74, 6) is 2.02. The van der Waals surface area contributed by atoms with E-state index >= 15 is 0 Å². The number of benzene rings is 2. The number of hydrogen-bond donors (Lipinski definition) is 0. The van der Waals surface area contributed by atoms with Gasteiger partial charge in [-0.3, -0.25) is 4.79 Å². The van der Waals surface area contributed by atoms with Gasteiger partial charge >= 0.3 is 0 Å². The third-order valence-electron chi connectivity index (χ3n) is 4.48. The quantitative estimate of drug-likeness (QED) is 0.658. The lowest BCUT2D eigenvalue weighted by atomic mass is 10.2. The van der Waals surface area contributed by atoms with Gasteiger partial charge in [0.05, 0.1) is 6.54 Å². The Kier molecular flexibility index (Phi) is 4.96. The molecule has 7 heteroatoms. The number of carbonyl (C=O) groups excluding carboxylic acids is 1. The van der Waals surface area contributed by atoms with Gasteiger partial charge in [-0.05, 0) is 43.3 Å². The van der Waals surface area contributed by atoms with Crippen LogP contribution >= 0.6 is 11.6 Å². The summed E-state index contributed by atoms with van der Waals surface area (Å²) < 4.78 is 17.3. The second-order valence-electron chi connectivity index (χ2n) is 6.61. The van der Waals surface area contributed by atoms with E-state index in [4.69, 9.17) is 25.5 Å². The van der Waals surface area contributed by atoms with E-state index in [0.717, 1.165) is 5.56 Å². The van der Waals surface area contributed by atoms with Crippen molar-refractivity contribution in [3.8, 4) is 23.0 Å². The fourth-order valence-electron chi connectivity index (χ4n) is 3.03. The van der Waals surface area contributed by atoms with Crippen LogP contribution in [0.2, 0.25) is 5.02 Å². The van der Waals surface area contributed by atoms with Crippen molar-refractivity contribution in [1.29, 1.82) is 0 Å². The molecule has 3 aromatic rings. The van der Waals surface area contributed by atoms with E-state index in [2.05, 4.69) is 4.98 Å². The number of para-hydroxylation sites is 2. The molecular formula is C21H19ClN2O4. The smallest absolute Gasteiger partial charge is 0.275 e. The Morgan fingerprint density at radius 1 is 1.18 bits per heavy atom. The Bertz CT molecular complexity index is 1000. The number of carbonyl (C=O) groups is 1. The lowest BCUT2D eigenvalue weighted by Crippen LogP contribution is -2.42. The molecule has 6 nitrogen and oxygen atoms in total. The molecule has 1 atom stereocenters. The highest BCUT2D eigenvalue weighted by atomic mass is 35.5. The third kappa shape index (κ3) is 3.68. The van der Waals surface area contributed by atoms with Gasteiger partial charge in [0.1, 0.15) is 12.4 Å². The predicted octanol–water partition coefficient (Wildman–Crippen LogP) is 4.22. The van der Waals surface area contributed by atoms with E-state index in [9.17, 15) is 4.79 Å². The first-order chi connectivity index (χ1) is 13.5. The number of aromatic nitrogens is 1. The van der Waals surface area contributed by atoms with E-state index in [1.807, 2.05) is 24.3 Å². The molecule has 0 saturated carbocycles. The minimum absolute atomic E-state index is 0.232. The molecule has 0 bridgehead atoms. The highest BCUT2D eigenvalue weighted by Crippen LogP contribution is 2.31. The van der Waals surface area contributed by atoms with Gasteiger partial charge < -0.3 is 18.8 Å². The maximum Gasteiger partial charge on any atom is 0.275 e. The number of likely N-dealkylation sites (N-methyl/N-ethyl adjacent to an activating group) is 1. The van der Waals surface area contributed by atoms with Crippen LogP contribution in [-0.4, -0.2) is 42.1 Å². The average Bonchev–Trinajstić information content (AvgIpc) is 3.09. The van der Waals surface area contributed by atoms with Crippen LogP contribution < -0.4 is 9.47 Å². The molecule has 1 aliphatic rings. The Balaban J connectivity index is 1.46. The van der Waals surface area contributed by atoms with Gasteiger partial charge in [0.15, 0.2) is 23.3 Å². The van der Waals surface area contributed by atoms with Gasteiger partial charge in [-0.15, -0.1) is 0 Å². The Morgan fingerprint density at radius 2 is 1.89 bits per heavy atom. The zero-order valence-electron chi connectivity index (χ0n) is 15.5. The zero-order valence-corrected chi connectivity index (χ0v) is 16.3. The highest BCUT2D eigenvalue weighted by molar-refractivity contribution is 6.30. The van der Waals surface area contributed by atoms with Crippen molar-refractivity contribution in [2.45, 2.75) is 13.0 Å². The fraction of sp³-hybridized carbons (Fsp3) is 0.238. The molecular weight excluding hydrogens is 380 g/mol. The van der Waals surface area contributed by atoms with Gasteiger partial charge in [-0.2, -0.15) is 0 Å². The maximum atomic E-state index is 12.9. The van der Waals surface area contributed by atoms with E-state index in [1.54, 1.807) is 43.1 Å². The second kappa shape index (κ2) is 7.56. The average molecular weight is 399 g/mol. The Labute approximate surface area is 167 Å². The van der Waals surface area contributed by atoms with Crippen LogP contribution in [0.4, 0.5) is 0 Å². The van der Waals surface area contributed by atoms with Gasteiger partial charge in [0.2, 0.25) is 5.89 Å². The minimum Gasteiger partial charge on any atom is -0.486 e. The number of nitrogens with zero attached hydrogens (tertiary/aromatic N) is 2. The van der Waals surface area contributed by atoms with Crippen LogP contribution in [0.3, 0.4) is 0 Å². The molecule has 0 spiro atoms. The van der Waals surface area contributed by atoms with Gasteiger partial charge in [0.25, 0.3) is 5.91 Å². The molecule has 28 heavy (non-hydrogen) atoms. The summed E-state index contributed by atoms with van der Waals surface area (Å²) in [6.07, 6.45) is -0.258. The molecule has 0 N–H and O–H groups in total. The second-order valence-corrected chi connectivity index (χ2v) is 7.05. The maximum absolute atomic E-state index is 12.9. The summed E-state index contributed by atoms with van der Waals surface area (Å²) in [5, 5.41) is 0.624. The summed E-state index contributed by atoms with van der Waals surface area (Å²) in [6, 6.07) is 14.6. The molecule has 144 valence electrons. The lowest BCUT2D eigenvalue weighted by Gasteiger charge is -2.29. The first-order valence-corrected chi connectivity index (χ1v) is 9.26. The van der Waals surface area contributed by atoms with Crippen LogP contribution in [-0.2, 0) is 0 Å². The molecule has 1 aromatic heterocycles. The van der Waals surface area contributed by atoms with Crippen LogP contribution in [0.1, 0.15) is 16.2 Å². The van der Waals surface area contributed by atoms with Gasteiger partial charge in [-0.25, -0.2) is 4.98 Å². The van der Waals surface area contributed by atoms with Crippen molar-refractivity contribution in [2.75, 3.05) is 20.2 Å². The number of aryl methyl sites for hydroxylation is 1. The topological polar surface area (TPSA) is 64.8 Å². The molecule has 1 aliphatic heterocycles. The number of fused-ring (bicyclic) bond motifs is 1. The van der Waals surface area contributed by atoms with Crippen LogP contribution in [0.5, 0.6) is 11.5 Å². The van der Waals surface area contributed by atoms with Crippen molar-refractivity contribution in [3.63, 3.8) is 0 Å². The SMILES string of the molecule is Cc1oc(-c2ccc(Cl)cc2)nc1C(=O)N(C)C[C@@H]1COc2ccccc2O1. The van der Waals surface area contributed by atoms with Crippen molar-refractivity contribution in [2.24, 2.45) is 0 Å². The zero-order chi connectivity index (χ0) is 19.7. The molecule has 0 unspecified atom stereocenters. The summed E-state index contributed by atoms with van der Waals surface area (Å²) in [6.45, 7) is 2.47. The molecule has 0 aliphatic carbocycles. The molecule has 1 amide bonds. The summed E-state index contributed by atoms with van der Waals surface area (Å²) in [7, 11) is 1.71. The number of halogens is 1. The van der Waals surface area contributed by atoms with Crippen LogP contribution in [0.15, 0.2) is 52.9 Å². The third-order valence-corrected chi connectivity index (χ3v) is 4.73. The van der Waals surface area contributed by atoms with Crippen LogP contribution in [0, 0.1) is 6.92 Å². The molecule has 2 aromatic carbocycles. The normalized spacial score (nSPS) is 15.3. The lowest BCUT2D eigenvalue weighted by molar-refractivity contribution is 0.0516. The molecule has 0 fully saturated rings. The Hall–Kier alpha value is -2.99. The summed E-state index contributed by atoms with van der Waals surface area (Å²) in [5.41, 5.74) is 1.04. The van der Waals surface area contributed by atoms with E-state index < -0.39 is 0 Å². The number of ether oxygens (including phenoxy) is 2. The molecule has 2 heterocycles. The summed E-state index contributed by atoms with van der Waals surface area (Å²) >= 11 is 5.92. The number of hydrogen-bond acceptors (Lipinski definition) is 5. The number of rotatable bonds is 4. The van der Waals surface area contributed by atoms with E-state index in [0.29, 0.717) is 41.3 Å². The van der Waals surface area contributed by atoms with Crippen molar-refractivity contribution >= 4 is 17.5 Å². The monoisotopic (exact) mass is 398 g/mol. The fourth-order valence-corrected chi connectivity index (χ4v) is 3.16. The van der Waals surface area contributed by atoms with Crippen molar-refractivity contribution < 1.29 is 18.7 Å². The largest absolute Gasteiger partial charge is 0.486 e. The first kappa shape index (κ1) is 18.4. The minimum atomic E-state index is -0.258. The van der Waals surface area contributed by atoms with Crippen molar-refractivity contribution in [3.05, 3.63) is 65.0 Å². The predicted molar refractivity (Wildman–Crippen MR) is 105 cm³/mol. The molecule has 4 rings (SSSR count). The van der Waals surface area contributed by atoms with Crippen molar-refractivity contribution in [1.82, 2.24) is 9.88 Å². The molecule has 0 radical (unpaired) electrons. The van der Waals surface area contributed by atoms with Gasteiger partial charge in [-0.1, -0.05) is 23.7 Å². The van der Waals surface area contributed by atoms with Gasteiger partial charge in [0, 0.05) is 17.6 Å².